The molecule has 0 aliphatic rings. The fraction of sp³-hybridized carbons (Fsp3) is 0. The number of thiophene rings is 1. The van der Waals surface area contributed by atoms with Gasteiger partial charge in [0.25, 0.3) is 0 Å². The van der Waals surface area contributed by atoms with Gasteiger partial charge in [0.05, 0.1) is 22.1 Å². The zero-order valence-corrected chi connectivity index (χ0v) is 18.2. The van der Waals surface area contributed by atoms with Gasteiger partial charge in [-0.1, -0.05) is 29.8 Å². The third-order valence-electron chi connectivity index (χ3n) is 4.66. The third-order valence-corrected chi connectivity index (χ3v) is 7.56. The number of anilines is 1. The molecule has 0 aliphatic carbocycles. The zero-order chi connectivity index (χ0) is 21.6. The number of hydrogen-bond acceptors (Lipinski definition) is 7. The van der Waals surface area contributed by atoms with E-state index in [1.165, 1.54) is 40.3 Å². The highest BCUT2D eigenvalue weighted by Gasteiger charge is 2.30. The number of sulfone groups is 1. The van der Waals surface area contributed by atoms with Gasteiger partial charge in [-0.3, -0.25) is 0 Å². The van der Waals surface area contributed by atoms with E-state index in [-0.39, 0.29) is 26.8 Å². The summed E-state index contributed by atoms with van der Waals surface area (Å²) in [5.74, 6) is -0.0620. The first kappa shape index (κ1) is 19.7. The molecule has 5 aromatic rings. The van der Waals surface area contributed by atoms with E-state index in [9.17, 15) is 8.42 Å². The molecular weight excluding hydrogens is 454 g/mol. The first-order valence-electron chi connectivity index (χ1n) is 9.10. The van der Waals surface area contributed by atoms with Crippen LogP contribution < -0.4 is 5.73 Å². The van der Waals surface area contributed by atoms with E-state index in [1.807, 2.05) is 29.6 Å². The first-order valence-corrected chi connectivity index (χ1v) is 11.8. The van der Waals surface area contributed by atoms with E-state index in [1.54, 1.807) is 18.3 Å². The summed E-state index contributed by atoms with van der Waals surface area (Å²) in [6.45, 7) is 0. The molecule has 0 unspecified atom stereocenters. The highest BCUT2D eigenvalue weighted by molar-refractivity contribution is 7.92. The predicted octanol–water partition coefficient (Wildman–Crippen LogP) is 4.60. The number of nitrogens with two attached hydrogens (primary N) is 1. The first-order chi connectivity index (χ1) is 14.9. The van der Waals surface area contributed by atoms with Gasteiger partial charge in [-0.2, -0.15) is 9.78 Å². The number of benzene rings is 2. The van der Waals surface area contributed by atoms with E-state index in [0.717, 1.165) is 4.88 Å². The van der Waals surface area contributed by atoms with Gasteiger partial charge < -0.3 is 5.73 Å². The lowest BCUT2D eigenvalue weighted by Crippen LogP contribution is -2.06. The molecule has 0 saturated carbocycles. The molecule has 0 spiro atoms. The minimum Gasteiger partial charge on any atom is -0.382 e. The monoisotopic (exact) mass is 467 g/mol. The highest BCUT2D eigenvalue weighted by atomic mass is 35.5. The number of rotatable bonds is 4. The van der Waals surface area contributed by atoms with Crippen LogP contribution in [0.15, 0.2) is 80.9 Å². The number of para-hydroxylation sites is 2. The lowest BCUT2D eigenvalue weighted by molar-refractivity contribution is 0.597. The Hall–Kier alpha value is -3.27. The van der Waals surface area contributed by atoms with Gasteiger partial charge >= 0.3 is 0 Å². The molecule has 0 bridgehead atoms. The maximum absolute atomic E-state index is 13.5. The minimum absolute atomic E-state index is 0.0554. The SMILES string of the molecule is Nc1c(S(=O)(=O)c2ccc(Cl)cc2)c2nc3ccccc3nc2n1/N=C\c1cccs1. The van der Waals surface area contributed by atoms with Gasteiger partial charge in [-0.15, -0.1) is 11.3 Å². The van der Waals surface area contributed by atoms with E-state index in [2.05, 4.69) is 15.1 Å². The van der Waals surface area contributed by atoms with Gasteiger partial charge in [0, 0.05) is 9.90 Å². The second-order valence-electron chi connectivity index (χ2n) is 6.63. The lowest BCUT2D eigenvalue weighted by Gasteiger charge is -2.05. The van der Waals surface area contributed by atoms with Crippen molar-refractivity contribution in [3.63, 3.8) is 0 Å². The van der Waals surface area contributed by atoms with E-state index >= 15 is 0 Å². The summed E-state index contributed by atoms with van der Waals surface area (Å²) in [4.78, 5) is 9.99. The smallest absolute Gasteiger partial charge is 0.212 e. The molecule has 2 aromatic carbocycles. The Bertz CT molecular complexity index is 1560. The Morgan fingerprint density at radius 1 is 1.00 bits per heavy atom. The van der Waals surface area contributed by atoms with Crippen LogP contribution in [0.25, 0.3) is 22.2 Å². The molecular formula is C21H14ClN5O2S2. The van der Waals surface area contributed by atoms with Crippen molar-refractivity contribution < 1.29 is 8.42 Å². The number of fused-ring (bicyclic) bond motifs is 2. The summed E-state index contributed by atoms with van der Waals surface area (Å²) < 4.78 is 28.3. The largest absolute Gasteiger partial charge is 0.382 e. The maximum atomic E-state index is 13.5. The molecule has 2 N–H and O–H groups in total. The van der Waals surface area contributed by atoms with Crippen LogP contribution >= 0.6 is 22.9 Å². The summed E-state index contributed by atoms with van der Waals surface area (Å²) in [5.41, 5.74) is 7.93. The number of hydrogen-bond donors (Lipinski definition) is 1. The molecule has 3 heterocycles. The second kappa shape index (κ2) is 7.45. The molecule has 0 amide bonds. The van der Waals surface area contributed by atoms with Gasteiger partial charge in [0.1, 0.15) is 16.2 Å². The summed E-state index contributed by atoms with van der Waals surface area (Å²) in [6, 6.07) is 16.9. The molecule has 7 nitrogen and oxygen atoms in total. The predicted molar refractivity (Wildman–Crippen MR) is 124 cm³/mol. The van der Waals surface area contributed by atoms with Crippen molar-refractivity contribution in [2.45, 2.75) is 9.79 Å². The van der Waals surface area contributed by atoms with Crippen molar-refractivity contribution in [2.24, 2.45) is 5.10 Å². The van der Waals surface area contributed by atoms with Gasteiger partial charge in [-0.25, -0.2) is 18.4 Å². The molecule has 3 aromatic heterocycles. The minimum atomic E-state index is -4.01. The quantitative estimate of drug-likeness (QED) is 0.389. The molecule has 0 aliphatic heterocycles. The zero-order valence-electron chi connectivity index (χ0n) is 15.8. The Labute approximate surface area is 186 Å². The Morgan fingerprint density at radius 2 is 1.71 bits per heavy atom. The van der Waals surface area contributed by atoms with Crippen LogP contribution in [0.3, 0.4) is 0 Å². The van der Waals surface area contributed by atoms with Crippen molar-refractivity contribution in [3.05, 3.63) is 75.9 Å². The summed E-state index contributed by atoms with van der Waals surface area (Å²) in [6.07, 6.45) is 1.61. The van der Waals surface area contributed by atoms with Crippen molar-refractivity contribution in [1.82, 2.24) is 14.6 Å². The molecule has 0 atom stereocenters. The Kier molecular flexibility index (Phi) is 4.73. The van der Waals surface area contributed by atoms with Gasteiger partial charge in [-0.05, 0) is 47.8 Å². The molecule has 0 fully saturated rings. The average Bonchev–Trinajstić information content (AvgIpc) is 3.36. The Balaban J connectivity index is 1.82. The molecule has 10 heteroatoms. The molecule has 5 rings (SSSR count). The number of nitrogen functional groups attached to an aromatic ring is 1. The number of halogens is 1. The van der Waals surface area contributed by atoms with Crippen molar-refractivity contribution in [1.29, 1.82) is 0 Å². The van der Waals surface area contributed by atoms with Gasteiger partial charge in [0.2, 0.25) is 9.84 Å². The number of nitrogens with zero attached hydrogens (tertiary/aromatic N) is 4. The molecule has 0 radical (unpaired) electrons. The van der Waals surface area contributed by atoms with Crippen LogP contribution in [0.1, 0.15) is 4.88 Å². The van der Waals surface area contributed by atoms with E-state index in [4.69, 9.17) is 17.3 Å². The lowest BCUT2D eigenvalue weighted by atomic mass is 10.3. The summed E-state index contributed by atoms with van der Waals surface area (Å²) >= 11 is 7.43. The Morgan fingerprint density at radius 3 is 2.39 bits per heavy atom. The van der Waals surface area contributed by atoms with Gasteiger partial charge in [0.15, 0.2) is 5.65 Å². The summed E-state index contributed by atoms with van der Waals surface area (Å²) in [7, 11) is -4.01. The highest BCUT2D eigenvalue weighted by Crippen LogP contribution is 2.35. The van der Waals surface area contributed by atoms with Crippen LogP contribution in [0.4, 0.5) is 5.82 Å². The topological polar surface area (TPSA) is 103 Å². The standard InChI is InChI=1S/C21H14ClN5O2S2/c22-13-7-9-15(10-8-13)31(28,29)19-18-21(26-17-6-2-1-5-16(17)25-18)27(20(19)23)24-12-14-4-3-11-30-14/h1-12H,23H2/b24-12-. The van der Waals surface area contributed by atoms with Crippen LogP contribution in [0, 0.1) is 0 Å². The molecule has 0 saturated heterocycles. The number of aromatic nitrogens is 3. The van der Waals surface area contributed by atoms with E-state index < -0.39 is 9.84 Å². The van der Waals surface area contributed by atoms with E-state index in [0.29, 0.717) is 16.1 Å². The van der Waals surface area contributed by atoms with Crippen LogP contribution in [-0.4, -0.2) is 29.3 Å². The fourth-order valence-corrected chi connectivity index (χ4v) is 5.40. The van der Waals surface area contributed by atoms with Crippen LogP contribution in [0.5, 0.6) is 0 Å². The van der Waals surface area contributed by atoms with Crippen LogP contribution in [-0.2, 0) is 9.84 Å². The molecule has 31 heavy (non-hydrogen) atoms. The molecule has 154 valence electrons. The maximum Gasteiger partial charge on any atom is 0.212 e. The normalized spacial score (nSPS) is 12.3. The van der Waals surface area contributed by atoms with Crippen LogP contribution in [0.2, 0.25) is 5.02 Å². The second-order valence-corrected chi connectivity index (χ2v) is 9.93. The van der Waals surface area contributed by atoms with Crippen molar-refractivity contribution >= 4 is 67.0 Å². The average molecular weight is 468 g/mol. The van der Waals surface area contributed by atoms with Crippen molar-refractivity contribution in [2.75, 3.05) is 5.73 Å². The summed E-state index contributed by atoms with van der Waals surface area (Å²) in [5, 5.41) is 6.76. The third kappa shape index (κ3) is 3.36. The van der Waals surface area contributed by atoms with Crippen molar-refractivity contribution in [3.8, 4) is 0 Å². The fourth-order valence-electron chi connectivity index (χ4n) is 3.22.